The molecule has 0 saturated heterocycles. The molecule has 6 nitrogen and oxygen atoms in total. The molecule has 0 bridgehead atoms. The van der Waals surface area contributed by atoms with Crippen LogP contribution in [0.1, 0.15) is 16.8 Å². The molecule has 3 rings (SSSR count). The Morgan fingerprint density at radius 2 is 1.96 bits per heavy atom. The number of anilines is 1. The van der Waals surface area contributed by atoms with E-state index in [1.165, 1.54) is 6.21 Å². The molecule has 0 aliphatic heterocycles. The van der Waals surface area contributed by atoms with Crippen LogP contribution in [0.5, 0.6) is 5.75 Å². The highest BCUT2D eigenvalue weighted by molar-refractivity contribution is 7.10. The van der Waals surface area contributed by atoms with Crippen molar-refractivity contribution in [1.82, 2.24) is 14.6 Å². The van der Waals surface area contributed by atoms with Crippen molar-refractivity contribution in [1.29, 1.82) is 0 Å². The van der Waals surface area contributed by atoms with E-state index in [0.29, 0.717) is 22.0 Å². The molecule has 1 aromatic carbocycles. The van der Waals surface area contributed by atoms with Crippen molar-refractivity contribution in [3.8, 4) is 5.75 Å². The van der Waals surface area contributed by atoms with Gasteiger partial charge in [0.15, 0.2) is 5.82 Å². The van der Waals surface area contributed by atoms with Crippen LogP contribution in [0.25, 0.3) is 0 Å². The van der Waals surface area contributed by atoms with E-state index < -0.39 is 11.7 Å². The molecule has 0 saturated carbocycles. The van der Waals surface area contributed by atoms with Crippen LogP contribution in [0.15, 0.2) is 41.6 Å². The van der Waals surface area contributed by atoms with Crippen LogP contribution in [-0.4, -0.2) is 20.8 Å². The molecule has 0 aliphatic rings. The van der Waals surface area contributed by atoms with E-state index in [1.807, 2.05) is 0 Å². The SMILES string of the molecule is FC(F)(F)c1cnc(N/N=C/c2ccc(OCc3nnsc3Cl)cc2)c(Cl)c1. The van der Waals surface area contributed by atoms with Gasteiger partial charge in [-0.3, -0.25) is 5.43 Å². The number of ether oxygens (including phenoxy) is 1. The van der Waals surface area contributed by atoms with Crippen LogP contribution in [0, 0.1) is 0 Å². The second-order valence-electron chi connectivity index (χ2n) is 5.27. The number of hydrogen-bond acceptors (Lipinski definition) is 7. The number of nitrogens with one attached hydrogen (secondary N) is 1. The monoisotopic (exact) mass is 447 g/mol. The Morgan fingerprint density at radius 3 is 2.57 bits per heavy atom. The lowest BCUT2D eigenvalue weighted by molar-refractivity contribution is -0.137. The molecule has 3 aromatic rings. The Morgan fingerprint density at radius 1 is 1.21 bits per heavy atom. The van der Waals surface area contributed by atoms with Crippen molar-refractivity contribution in [2.45, 2.75) is 12.8 Å². The third-order valence-corrected chi connectivity index (χ3v) is 4.59. The van der Waals surface area contributed by atoms with Crippen molar-refractivity contribution in [2.75, 3.05) is 5.43 Å². The van der Waals surface area contributed by atoms with E-state index in [0.717, 1.165) is 23.2 Å². The number of pyridine rings is 1. The minimum Gasteiger partial charge on any atom is -0.487 e. The van der Waals surface area contributed by atoms with Gasteiger partial charge in [-0.1, -0.05) is 27.7 Å². The molecule has 146 valence electrons. The lowest BCUT2D eigenvalue weighted by Crippen LogP contribution is -2.06. The summed E-state index contributed by atoms with van der Waals surface area (Å²) in [6, 6.07) is 7.70. The van der Waals surface area contributed by atoms with Crippen LogP contribution < -0.4 is 10.2 Å². The summed E-state index contributed by atoms with van der Waals surface area (Å²) in [5.41, 5.74) is 2.85. The third kappa shape index (κ3) is 5.31. The van der Waals surface area contributed by atoms with Crippen LogP contribution in [-0.2, 0) is 12.8 Å². The molecule has 0 atom stereocenters. The number of nitrogens with zero attached hydrogens (tertiary/aromatic N) is 4. The van der Waals surface area contributed by atoms with Gasteiger partial charge in [0.2, 0.25) is 0 Å². The lowest BCUT2D eigenvalue weighted by atomic mass is 10.2. The minimum atomic E-state index is -4.51. The van der Waals surface area contributed by atoms with Gasteiger partial charge in [0, 0.05) is 17.7 Å². The van der Waals surface area contributed by atoms with Gasteiger partial charge in [-0.05, 0) is 35.9 Å². The highest BCUT2D eigenvalue weighted by Crippen LogP contribution is 2.32. The van der Waals surface area contributed by atoms with Crippen molar-refractivity contribution < 1.29 is 17.9 Å². The van der Waals surface area contributed by atoms with Gasteiger partial charge in [-0.15, -0.1) is 5.10 Å². The first-order chi connectivity index (χ1) is 13.3. The zero-order valence-corrected chi connectivity index (χ0v) is 16.1. The molecule has 1 N–H and O–H groups in total. The van der Waals surface area contributed by atoms with Crippen molar-refractivity contribution >= 4 is 46.8 Å². The summed E-state index contributed by atoms with van der Waals surface area (Å²) in [6.45, 7) is 0.197. The van der Waals surface area contributed by atoms with Crippen LogP contribution in [0.3, 0.4) is 0 Å². The first-order valence-electron chi connectivity index (χ1n) is 7.54. The fourth-order valence-corrected chi connectivity index (χ4v) is 2.74. The van der Waals surface area contributed by atoms with Gasteiger partial charge in [-0.25, -0.2) is 4.98 Å². The molecule has 2 aromatic heterocycles. The molecule has 0 amide bonds. The van der Waals surface area contributed by atoms with E-state index in [9.17, 15) is 13.2 Å². The standard InChI is InChI=1S/C16H10Cl2F3N5OS/c17-12-5-10(16(19,20)21)7-22-15(12)25-23-6-9-1-3-11(4-2-9)27-8-13-14(18)28-26-24-13/h1-7H,8H2,(H,22,25)/b23-6+. The first-order valence-corrected chi connectivity index (χ1v) is 9.07. The van der Waals surface area contributed by atoms with Crippen LogP contribution in [0.2, 0.25) is 9.36 Å². The van der Waals surface area contributed by atoms with E-state index >= 15 is 0 Å². The highest BCUT2D eigenvalue weighted by atomic mass is 35.5. The van der Waals surface area contributed by atoms with E-state index in [4.69, 9.17) is 27.9 Å². The van der Waals surface area contributed by atoms with Gasteiger partial charge in [0.25, 0.3) is 0 Å². The number of alkyl halides is 3. The molecular formula is C16H10Cl2F3N5OS. The second-order valence-corrected chi connectivity index (χ2v) is 7.04. The van der Waals surface area contributed by atoms with Gasteiger partial charge in [-0.2, -0.15) is 18.3 Å². The van der Waals surface area contributed by atoms with E-state index in [-0.39, 0.29) is 17.4 Å². The summed E-state index contributed by atoms with van der Waals surface area (Å²) in [6.07, 6.45) is -2.37. The smallest absolute Gasteiger partial charge is 0.417 e. The largest absolute Gasteiger partial charge is 0.487 e. The van der Waals surface area contributed by atoms with Crippen LogP contribution in [0.4, 0.5) is 19.0 Å². The predicted octanol–water partition coefficient (Wildman–Crippen LogP) is 5.28. The van der Waals surface area contributed by atoms with Gasteiger partial charge < -0.3 is 4.74 Å². The first kappa shape index (κ1) is 20.3. The molecule has 0 radical (unpaired) electrons. The number of benzene rings is 1. The average Bonchev–Trinajstić information content (AvgIpc) is 3.06. The Bertz CT molecular complexity index is 979. The zero-order chi connectivity index (χ0) is 20.1. The van der Waals surface area contributed by atoms with Gasteiger partial charge in [0.05, 0.1) is 16.8 Å². The summed E-state index contributed by atoms with van der Waals surface area (Å²) >= 11 is 12.8. The lowest BCUT2D eigenvalue weighted by Gasteiger charge is -2.08. The fourth-order valence-electron chi connectivity index (χ4n) is 1.93. The molecule has 12 heteroatoms. The molecule has 2 heterocycles. The summed E-state index contributed by atoms with van der Waals surface area (Å²) in [7, 11) is 0. The van der Waals surface area contributed by atoms with Crippen molar-refractivity contribution in [3.63, 3.8) is 0 Å². The molecule has 0 unspecified atom stereocenters. The summed E-state index contributed by atoms with van der Waals surface area (Å²) < 4.78 is 47.5. The quantitative estimate of drug-likeness (QED) is 0.410. The number of rotatable bonds is 6. The minimum absolute atomic E-state index is 0.0135. The summed E-state index contributed by atoms with van der Waals surface area (Å²) in [5.74, 6) is 0.612. The van der Waals surface area contributed by atoms with Crippen molar-refractivity contribution in [3.05, 3.63) is 62.7 Å². The number of hydrazone groups is 1. The Balaban J connectivity index is 1.57. The van der Waals surface area contributed by atoms with Crippen molar-refractivity contribution in [2.24, 2.45) is 5.10 Å². The maximum atomic E-state index is 12.6. The average molecular weight is 448 g/mol. The maximum Gasteiger partial charge on any atom is 0.417 e. The second kappa shape index (κ2) is 8.72. The Labute approximate surface area is 171 Å². The highest BCUT2D eigenvalue weighted by Gasteiger charge is 2.31. The molecular weight excluding hydrogens is 438 g/mol. The summed E-state index contributed by atoms with van der Waals surface area (Å²) in [5, 5.41) is 7.57. The number of hydrogen-bond donors (Lipinski definition) is 1. The number of aromatic nitrogens is 3. The molecule has 0 spiro atoms. The fraction of sp³-hybridized carbons (Fsp3) is 0.125. The number of halogens is 5. The zero-order valence-electron chi connectivity index (χ0n) is 13.7. The van der Waals surface area contributed by atoms with Crippen LogP contribution >= 0.6 is 34.7 Å². The normalized spacial score (nSPS) is 11.8. The Hall–Kier alpha value is -2.43. The van der Waals surface area contributed by atoms with E-state index in [1.54, 1.807) is 24.3 Å². The summed E-state index contributed by atoms with van der Waals surface area (Å²) in [4.78, 5) is 3.63. The molecule has 28 heavy (non-hydrogen) atoms. The Kier molecular flexibility index (Phi) is 6.32. The van der Waals surface area contributed by atoms with E-state index in [2.05, 4.69) is 25.1 Å². The maximum absolute atomic E-state index is 12.6. The van der Waals surface area contributed by atoms with Gasteiger partial charge >= 0.3 is 6.18 Å². The van der Waals surface area contributed by atoms with Gasteiger partial charge in [0.1, 0.15) is 22.4 Å². The molecule has 0 aliphatic carbocycles. The third-order valence-electron chi connectivity index (χ3n) is 3.32. The predicted molar refractivity (Wildman–Crippen MR) is 101 cm³/mol. The topological polar surface area (TPSA) is 72.3 Å². The molecule has 0 fully saturated rings.